The minimum absolute atomic E-state index is 0.0814. The van der Waals surface area contributed by atoms with Crippen molar-refractivity contribution in [2.45, 2.75) is 13.8 Å². The molecule has 130 valence electrons. The topological polar surface area (TPSA) is 80.9 Å². The maximum atomic E-state index is 12.7. The number of rotatable bonds is 2. The lowest BCUT2D eigenvalue weighted by atomic mass is 10.1. The molecule has 2 aromatic heterocycles. The Morgan fingerprint density at radius 2 is 1.92 bits per heavy atom. The first-order valence-electron chi connectivity index (χ1n) is 8.52. The van der Waals surface area contributed by atoms with Crippen molar-refractivity contribution in [1.82, 2.24) is 30.0 Å². The van der Waals surface area contributed by atoms with Gasteiger partial charge in [-0.2, -0.15) is 5.10 Å². The molecule has 3 heterocycles. The fourth-order valence-electron chi connectivity index (χ4n) is 3.16. The van der Waals surface area contributed by atoms with Crippen LogP contribution in [-0.2, 0) is 0 Å². The Labute approximate surface area is 146 Å². The lowest BCUT2D eigenvalue weighted by molar-refractivity contribution is 0.0664. The van der Waals surface area contributed by atoms with Gasteiger partial charge < -0.3 is 14.8 Å². The van der Waals surface area contributed by atoms with Crippen LogP contribution in [0.15, 0.2) is 18.2 Å². The van der Waals surface area contributed by atoms with Gasteiger partial charge in [0.2, 0.25) is 0 Å². The maximum absolute atomic E-state index is 12.7. The van der Waals surface area contributed by atoms with Gasteiger partial charge in [-0.05, 0) is 39.1 Å². The third kappa shape index (κ3) is 2.80. The number of likely N-dealkylation sites (N-methyl/N-ethyl adjacent to an activating group) is 1. The van der Waals surface area contributed by atoms with Crippen molar-refractivity contribution in [2.75, 3.05) is 33.2 Å². The molecule has 1 aliphatic heterocycles. The third-order valence-corrected chi connectivity index (χ3v) is 5.00. The fourth-order valence-corrected chi connectivity index (χ4v) is 3.16. The van der Waals surface area contributed by atoms with E-state index in [-0.39, 0.29) is 5.91 Å². The predicted molar refractivity (Wildman–Crippen MR) is 96.5 cm³/mol. The normalized spacial score (nSPS) is 15.9. The first-order chi connectivity index (χ1) is 12.0. The first-order valence-corrected chi connectivity index (χ1v) is 8.52. The molecule has 3 aromatic rings. The summed E-state index contributed by atoms with van der Waals surface area (Å²) in [5.41, 5.74) is 5.32. The molecule has 0 unspecified atom stereocenters. The quantitative estimate of drug-likeness (QED) is 0.748. The smallest absolute Gasteiger partial charge is 0.254 e. The summed E-state index contributed by atoms with van der Waals surface area (Å²) in [4.78, 5) is 24.8. The van der Waals surface area contributed by atoms with E-state index < -0.39 is 0 Å². The van der Waals surface area contributed by atoms with E-state index in [1.54, 1.807) is 0 Å². The number of hydrogen-bond donors (Lipinski definition) is 2. The van der Waals surface area contributed by atoms with Crippen LogP contribution >= 0.6 is 0 Å². The molecule has 7 nitrogen and oxygen atoms in total. The number of fused-ring (bicyclic) bond motifs is 1. The lowest BCUT2D eigenvalue weighted by Gasteiger charge is -2.32. The zero-order valence-electron chi connectivity index (χ0n) is 14.8. The minimum atomic E-state index is 0.0814. The molecular weight excluding hydrogens is 316 g/mol. The van der Waals surface area contributed by atoms with Crippen LogP contribution in [0.5, 0.6) is 0 Å². The number of aromatic nitrogens is 4. The molecule has 0 spiro atoms. The van der Waals surface area contributed by atoms with Crippen molar-refractivity contribution in [3.63, 3.8) is 0 Å². The molecule has 1 aromatic carbocycles. The van der Waals surface area contributed by atoms with E-state index >= 15 is 0 Å². The summed E-state index contributed by atoms with van der Waals surface area (Å²) < 4.78 is 0. The number of nitrogens with one attached hydrogen (secondary N) is 2. The standard InChI is InChI=1S/C18H22N6O/c1-11-12(2)21-22-16(11)17-19-14-5-4-13(10-15(14)20-17)18(25)24-8-6-23(3)7-9-24/h4-5,10H,6-9H2,1-3H3,(H,19,20)(H,21,22). The second-order valence-corrected chi connectivity index (χ2v) is 6.74. The summed E-state index contributed by atoms with van der Waals surface area (Å²) in [7, 11) is 2.08. The van der Waals surface area contributed by atoms with Gasteiger partial charge in [0.15, 0.2) is 5.82 Å². The zero-order chi connectivity index (χ0) is 17.6. The Balaban J connectivity index is 1.64. The van der Waals surface area contributed by atoms with Gasteiger partial charge in [0.05, 0.1) is 11.0 Å². The Bertz CT molecular complexity index is 932. The minimum Gasteiger partial charge on any atom is -0.337 e. The van der Waals surface area contributed by atoms with E-state index in [0.717, 1.165) is 60.0 Å². The number of amides is 1. The highest BCUT2D eigenvalue weighted by Gasteiger charge is 2.21. The molecule has 1 amide bonds. The van der Waals surface area contributed by atoms with Crippen molar-refractivity contribution < 1.29 is 4.79 Å². The molecule has 0 bridgehead atoms. The molecule has 1 aliphatic rings. The number of nitrogens with zero attached hydrogens (tertiary/aromatic N) is 4. The van der Waals surface area contributed by atoms with Crippen molar-refractivity contribution in [2.24, 2.45) is 0 Å². The highest BCUT2D eigenvalue weighted by Crippen LogP contribution is 2.24. The molecular formula is C18H22N6O. The van der Waals surface area contributed by atoms with E-state index in [1.807, 2.05) is 36.9 Å². The van der Waals surface area contributed by atoms with Gasteiger partial charge in [-0.25, -0.2) is 4.98 Å². The number of imidazole rings is 1. The summed E-state index contributed by atoms with van der Waals surface area (Å²) in [6.07, 6.45) is 0. The average Bonchev–Trinajstić information content (AvgIpc) is 3.18. The van der Waals surface area contributed by atoms with Crippen LogP contribution in [0.4, 0.5) is 0 Å². The maximum Gasteiger partial charge on any atom is 0.254 e. The highest BCUT2D eigenvalue weighted by atomic mass is 16.2. The number of benzene rings is 1. The van der Waals surface area contributed by atoms with Crippen molar-refractivity contribution in [3.05, 3.63) is 35.0 Å². The van der Waals surface area contributed by atoms with Crippen LogP contribution in [-0.4, -0.2) is 69.1 Å². The van der Waals surface area contributed by atoms with E-state index in [9.17, 15) is 4.79 Å². The van der Waals surface area contributed by atoms with Crippen LogP contribution in [0.3, 0.4) is 0 Å². The summed E-state index contributed by atoms with van der Waals surface area (Å²) >= 11 is 0. The Morgan fingerprint density at radius 3 is 2.60 bits per heavy atom. The van der Waals surface area contributed by atoms with Crippen LogP contribution < -0.4 is 0 Å². The van der Waals surface area contributed by atoms with Crippen LogP contribution in [0.2, 0.25) is 0 Å². The molecule has 1 fully saturated rings. The van der Waals surface area contributed by atoms with Crippen LogP contribution in [0, 0.1) is 13.8 Å². The Hall–Kier alpha value is -2.67. The summed E-state index contributed by atoms with van der Waals surface area (Å²) in [5.74, 6) is 0.805. The van der Waals surface area contributed by atoms with E-state index in [1.165, 1.54) is 0 Å². The third-order valence-electron chi connectivity index (χ3n) is 5.00. The van der Waals surface area contributed by atoms with E-state index in [0.29, 0.717) is 5.56 Å². The number of carbonyl (C=O) groups excluding carboxylic acids is 1. The number of hydrogen-bond acceptors (Lipinski definition) is 4. The predicted octanol–water partition coefficient (Wildman–Crippen LogP) is 1.96. The number of carbonyl (C=O) groups is 1. The monoisotopic (exact) mass is 338 g/mol. The van der Waals surface area contributed by atoms with Gasteiger partial charge >= 0.3 is 0 Å². The van der Waals surface area contributed by atoms with Gasteiger partial charge in [0.25, 0.3) is 5.91 Å². The highest BCUT2D eigenvalue weighted by molar-refractivity contribution is 5.97. The lowest BCUT2D eigenvalue weighted by Crippen LogP contribution is -2.47. The molecule has 0 saturated carbocycles. The summed E-state index contributed by atoms with van der Waals surface area (Å²) in [6.45, 7) is 7.38. The van der Waals surface area contributed by atoms with E-state index in [4.69, 9.17) is 0 Å². The second-order valence-electron chi connectivity index (χ2n) is 6.74. The Morgan fingerprint density at radius 1 is 1.16 bits per heavy atom. The summed E-state index contributed by atoms with van der Waals surface area (Å²) in [5, 5.41) is 7.30. The molecule has 2 N–H and O–H groups in total. The van der Waals surface area contributed by atoms with Gasteiger partial charge in [0.1, 0.15) is 5.69 Å². The van der Waals surface area contributed by atoms with Gasteiger partial charge in [-0.1, -0.05) is 0 Å². The summed E-state index contributed by atoms with van der Waals surface area (Å²) in [6, 6.07) is 5.64. The van der Waals surface area contributed by atoms with Crippen molar-refractivity contribution in [3.8, 4) is 11.5 Å². The zero-order valence-corrected chi connectivity index (χ0v) is 14.8. The molecule has 1 saturated heterocycles. The van der Waals surface area contributed by atoms with Crippen LogP contribution in [0.1, 0.15) is 21.6 Å². The molecule has 25 heavy (non-hydrogen) atoms. The van der Waals surface area contributed by atoms with Crippen LogP contribution in [0.25, 0.3) is 22.6 Å². The number of H-pyrrole nitrogens is 2. The van der Waals surface area contributed by atoms with Crippen molar-refractivity contribution >= 4 is 16.9 Å². The number of aromatic amines is 2. The average molecular weight is 338 g/mol. The largest absolute Gasteiger partial charge is 0.337 e. The SMILES string of the molecule is Cc1[nH]nc(-c2nc3ccc(C(=O)N4CCN(C)CC4)cc3[nH]2)c1C. The molecule has 0 atom stereocenters. The van der Waals surface area contributed by atoms with Crippen molar-refractivity contribution in [1.29, 1.82) is 0 Å². The number of piperazine rings is 1. The molecule has 7 heteroatoms. The second kappa shape index (κ2) is 6.00. The van der Waals surface area contributed by atoms with Gasteiger partial charge in [0, 0.05) is 43.0 Å². The molecule has 4 rings (SSSR count). The first kappa shape index (κ1) is 15.8. The van der Waals surface area contributed by atoms with Gasteiger partial charge in [-0.3, -0.25) is 9.89 Å². The molecule has 0 aliphatic carbocycles. The number of aryl methyl sites for hydroxylation is 1. The Kier molecular flexibility index (Phi) is 3.80. The van der Waals surface area contributed by atoms with E-state index in [2.05, 4.69) is 32.1 Å². The van der Waals surface area contributed by atoms with Gasteiger partial charge in [-0.15, -0.1) is 0 Å². The molecule has 0 radical (unpaired) electrons. The fraction of sp³-hybridized carbons (Fsp3) is 0.389.